The Morgan fingerprint density at radius 1 is 1.50 bits per heavy atom. The number of carbonyl (C=O) groups is 1. The lowest BCUT2D eigenvalue weighted by Crippen LogP contribution is -2.30. The van der Waals surface area contributed by atoms with Gasteiger partial charge in [0.15, 0.2) is 0 Å². The van der Waals surface area contributed by atoms with Gasteiger partial charge in [-0.15, -0.1) is 0 Å². The first-order valence-corrected chi connectivity index (χ1v) is 7.12. The summed E-state index contributed by atoms with van der Waals surface area (Å²) in [5, 5.41) is 16.7. The van der Waals surface area contributed by atoms with Crippen molar-refractivity contribution in [2.75, 3.05) is 18.4 Å². The molecule has 0 aliphatic carbocycles. The highest BCUT2D eigenvalue weighted by Gasteiger charge is 2.18. The summed E-state index contributed by atoms with van der Waals surface area (Å²) in [7, 11) is 0. The van der Waals surface area contributed by atoms with Crippen molar-refractivity contribution < 1.29 is 9.72 Å². The number of nitro benzene ring substituents is 1. The van der Waals surface area contributed by atoms with E-state index in [1.54, 1.807) is 19.9 Å². The van der Waals surface area contributed by atoms with E-state index in [9.17, 15) is 14.9 Å². The van der Waals surface area contributed by atoms with Gasteiger partial charge in [0.2, 0.25) is 5.91 Å². The third-order valence-corrected chi connectivity index (χ3v) is 3.54. The third-order valence-electron chi connectivity index (χ3n) is 2.89. The predicted molar refractivity (Wildman–Crippen MR) is 81.9 cm³/mol. The van der Waals surface area contributed by atoms with E-state index in [1.807, 2.05) is 6.92 Å². The zero-order valence-corrected chi connectivity index (χ0v) is 13.3. The number of carbonyl (C=O) groups excluding carboxylic acids is 1. The second kappa shape index (κ2) is 7.35. The van der Waals surface area contributed by atoms with E-state index in [2.05, 4.69) is 26.6 Å². The standard InChI is InChI=1S/C13H18BrN3O3/c1-4-15-7-9(3)13(18)16-11-6-12(17(19)20)8(2)5-10(11)14/h5-6,9,15H,4,7H2,1-3H3,(H,16,18). The number of anilines is 1. The monoisotopic (exact) mass is 343 g/mol. The maximum Gasteiger partial charge on any atom is 0.274 e. The number of nitrogens with zero attached hydrogens (tertiary/aromatic N) is 1. The molecule has 110 valence electrons. The molecule has 1 aromatic rings. The van der Waals surface area contributed by atoms with E-state index in [-0.39, 0.29) is 17.5 Å². The Hall–Kier alpha value is -1.47. The number of nitrogens with one attached hydrogen (secondary N) is 2. The van der Waals surface area contributed by atoms with Crippen LogP contribution in [0.1, 0.15) is 19.4 Å². The molecule has 0 saturated carbocycles. The smallest absolute Gasteiger partial charge is 0.274 e. The lowest BCUT2D eigenvalue weighted by molar-refractivity contribution is -0.385. The fourth-order valence-corrected chi connectivity index (χ4v) is 2.22. The number of aryl methyl sites for hydroxylation is 1. The minimum absolute atomic E-state index is 0.0113. The summed E-state index contributed by atoms with van der Waals surface area (Å²) < 4.78 is 0.629. The maximum absolute atomic E-state index is 12.0. The average molecular weight is 344 g/mol. The average Bonchev–Trinajstić information content (AvgIpc) is 2.38. The summed E-state index contributed by atoms with van der Waals surface area (Å²) in [5.41, 5.74) is 0.944. The molecule has 1 atom stereocenters. The van der Waals surface area contributed by atoms with Crippen molar-refractivity contribution in [3.63, 3.8) is 0 Å². The van der Waals surface area contributed by atoms with E-state index in [4.69, 9.17) is 0 Å². The summed E-state index contributed by atoms with van der Waals surface area (Å²) in [6, 6.07) is 3.00. The Labute approximate surface area is 126 Å². The minimum atomic E-state index is -0.459. The Balaban J connectivity index is 2.89. The van der Waals surface area contributed by atoms with E-state index in [0.29, 0.717) is 22.3 Å². The first-order valence-electron chi connectivity index (χ1n) is 6.33. The molecular formula is C13H18BrN3O3. The molecule has 1 amide bonds. The number of nitro groups is 1. The fourth-order valence-electron chi connectivity index (χ4n) is 1.66. The molecule has 6 nitrogen and oxygen atoms in total. The molecule has 0 aliphatic heterocycles. The van der Waals surface area contributed by atoms with Gasteiger partial charge in [-0.25, -0.2) is 0 Å². The molecule has 1 aromatic carbocycles. The predicted octanol–water partition coefficient (Wildman–Crippen LogP) is 2.85. The molecule has 0 aliphatic rings. The fraction of sp³-hybridized carbons (Fsp3) is 0.462. The number of hydrogen-bond donors (Lipinski definition) is 2. The first kappa shape index (κ1) is 16.6. The van der Waals surface area contributed by atoms with Crippen LogP contribution in [0.5, 0.6) is 0 Å². The summed E-state index contributed by atoms with van der Waals surface area (Å²) in [4.78, 5) is 22.4. The van der Waals surface area contributed by atoms with Crippen LogP contribution < -0.4 is 10.6 Å². The molecule has 0 spiro atoms. The zero-order valence-electron chi connectivity index (χ0n) is 11.7. The SMILES string of the molecule is CCNCC(C)C(=O)Nc1cc([N+](=O)[O-])c(C)cc1Br. The molecule has 1 unspecified atom stereocenters. The van der Waals surface area contributed by atoms with Gasteiger partial charge in [-0.1, -0.05) is 13.8 Å². The van der Waals surface area contributed by atoms with E-state index < -0.39 is 4.92 Å². The second-order valence-corrected chi connectivity index (χ2v) is 5.43. The number of rotatable bonds is 6. The van der Waals surface area contributed by atoms with Crippen molar-refractivity contribution in [2.45, 2.75) is 20.8 Å². The Morgan fingerprint density at radius 3 is 2.70 bits per heavy atom. The van der Waals surface area contributed by atoms with Crippen molar-refractivity contribution in [1.29, 1.82) is 0 Å². The molecule has 1 rings (SSSR count). The van der Waals surface area contributed by atoms with Gasteiger partial charge < -0.3 is 10.6 Å². The summed E-state index contributed by atoms with van der Waals surface area (Å²) in [5.74, 6) is -0.396. The van der Waals surface area contributed by atoms with Crippen molar-refractivity contribution in [3.05, 3.63) is 32.3 Å². The number of halogens is 1. The molecule has 0 fully saturated rings. The molecule has 0 saturated heterocycles. The number of benzene rings is 1. The van der Waals surface area contributed by atoms with E-state index in [1.165, 1.54) is 6.07 Å². The highest BCUT2D eigenvalue weighted by atomic mass is 79.9. The lowest BCUT2D eigenvalue weighted by Gasteiger charge is -2.14. The van der Waals surface area contributed by atoms with Gasteiger partial charge in [0, 0.05) is 28.6 Å². The van der Waals surface area contributed by atoms with Crippen LogP contribution in [0, 0.1) is 23.0 Å². The van der Waals surface area contributed by atoms with Gasteiger partial charge >= 0.3 is 0 Å². The largest absolute Gasteiger partial charge is 0.325 e. The van der Waals surface area contributed by atoms with Crippen molar-refractivity contribution in [1.82, 2.24) is 5.32 Å². The molecular weight excluding hydrogens is 326 g/mol. The summed E-state index contributed by atoms with van der Waals surface area (Å²) in [6.07, 6.45) is 0. The second-order valence-electron chi connectivity index (χ2n) is 4.57. The van der Waals surface area contributed by atoms with Crippen LogP contribution in [-0.4, -0.2) is 23.9 Å². The molecule has 2 N–H and O–H groups in total. The maximum atomic E-state index is 12.0. The summed E-state index contributed by atoms with van der Waals surface area (Å²) in [6.45, 7) is 6.77. The molecule has 0 bridgehead atoms. The van der Waals surface area contributed by atoms with Crippen LogP contribution in [0.3, 0.4) is 0 Å². The Kier molecular flexibility index (Phi) is 6.09. The van der Waals surface area contributed by atoms with Crippen LogP contribution >= 0.6 is 15.9 Å². The van der Waals surface area contributed by atoms with Crippen molar-refractivity contribution >= 4 is 33.2 Å². The van der Waals surface area contributed by atoms with Gasteiger partial charge in [-0.2, -0.15) is 0 Å². The van der Waals surface area contributed by atoms with Gasteiger partial charge in [-0.3, -0.25) is 14.9 Å². The topological polar surface area (TPSA) is 84.3 Å². The highest BCUT2D eigenvalue weighted by molar-refractivity contribution is 9.10. The number of hydrogen-bond acceptors (Lipinski definition) is 4. The Bertz CT molecular complexity index is 520. The normalized spacial score (nSPS) is 12.0. The van der Waals surface area contributed by atoms with Gasteiger partial charge in [0.25, 0.3) is 5.69 Å². The van der Waals surface area contributed by atoms with Crippen LogP contribution in [0.4, 0.5) is 11.4 Å². The molecule has 0 aromatic heterocycles. The lowest BCUT2D eigenvalue weighted by atomic mass is 10.1. The molecule has 7 heteroatoms. The van der Waals surface area contributed by atoms with Crippen LogP contribution in [0.15, 0.2) is 16.6 Å². The van der Waals surface area contributed by atoms with Gasteiger partial charge in [0.1, 0.15) is 0 Å². The van der Waals surface area contributed by atoms with E-state index >= 15 is 0 Å². The highest BCUT2D eigenvalue weighted by Crippen LogP contribution is 2.30. The minimum Gasteiger partial charge on any atom is -0.325 e. The van der Waals surface area contributed by atoms with Crippen LogP contribution in [0.2, 0.25) is 0 Å². The van der Waals surface area contributed by atoms with Crippen LogP contribution in [0.25, 0.3) is 0 Å². The summed E-state index contributed by atoms with van der Waals surface area (Å²) >= 11 is 3.31. The zero-order chi connectivity index (χ0) is 15.3. The number of amides is 1. The molecule has 20 heavy (non-hydrogen) atoms. The third kappa shape index (κ3) is 4.28. The molecule has 0 heterocycles. The van der Waals surface area contributed by atoms with Crippen molar-refractivity contribution in [2.24, 2.45) is 5.92 Å². The van der Waals surface area contributed by atoms with Crippen LogP contribution in [-0.2, 0) is 4.79 Å². The quantitative estimate of drug-likeness (QED) is 0.614. The first-order chi connectivity index (χ1) is 9.36. The van der Waals surface area contributed by atoms with Crippen molar-refractivity contribution in [3.8, 4) is 0 Å². The van der Waals surface area contributed by atoms with E-state index in [0.717, 1.165) is 6.54 Å². The Morgan fingerprint density at radius 2 is 2.15 bits per heavy atom. The van der Waals surface area contributed by atoms with Gasteiger partial charge in [0.05, 0.1) is 10.6 Å². The molecule has 0 radical (unpaired) electrons. The van der Waals surface area contributed by atoms with Gasteiger partial charge in [-0.05, 0) is 35.5 Å².